The normalized spacial score (nSPS) is 16.8. The maximum absolute atomic E-state index is 11.7. The minimum absolute atomic E-state index is 0.0732. The summed E-state index contributed by atoms with van der Waals surface area (Å²) < 4.78 is 5.22. The van der Waals surface area contributed by atoms with E-state index in [9.17, 15) is 4.79 Å². The minimum Gasteiger partial charge on any atom is -0.459 e. The van der Waals surface area contributed by atoms with E-state index in [1.54, 1.807) is 0 Å². The van der Waals surface area contributed by atoms with Crippen molar-refractivity contribution in [3.63, 3.8) is 0 Å². The highest BCUT2D eigenvalue weighted by Gasteiger charge is 2.22. The fourth-order valence-electron chi connectivity index (χ4n) is 2.01. The van der Waals surface area contributed by atoms with E-state index in [2.05, 4.69) is 9.97 Å². The fraction of sp³-hybridized carbons (Fsp3) is 0.583. The van der Waals surface area contributed by atoms with Gasteiger partial charge in [0.05, 0.1) is 24.0 Å². The largest absolute Gasteiger partial charge is 0.459 e. The van der Waals surface area contributed by atoms with Crippen LogP contribution in [-0.4, -0.2) is 15.9 Å². The number of hydrogen-bond acceptors (Lipinski definition) is 4. The number of rotatable bonds is 3. The molecule has 5 heteroatoms. The summed E-state index contributed by atoms with van der Waals surface area (Å²) in [6, 6.07) is 0. The second-order valence-electron chi connectivity index (χ2n) is 4.27. The van der Waals surface area contributed by atoms with Gasteiger partial charge in [-0.25, -0.2) is 4.98 Å². The monoisotopic (exact) mass is 254 g/mol. The van der Waals surface area contributed by atoms with Crippen LogP contribution in [0.15, 0.2) is 12.4 Å². The van der Waals surface area contributed by atoms with Gasteiger partial charge in [-0.3, -0.25) is 9.78 Å². The molecule has 0 saturated heterocycles. The number of ether oxygens (including phenoxy) is 1. The van der Waals surface area contributed by atoms with E-state index in [1.165, 1.54) is 18.8 Å². The Bertz CT molecular complexity index is 375. The van der Waals surface area contributed by atoms with Gasteiger partial charge in [-0.2, -0.15) is 0 Å². The fourth-order valence-corrected chi connectivity index (χ4v) is 2.11. The SMILES string of the molecule is O=C(OCc1cnc(Cl)cn1)C1CCCCC1. The summed E-state index contributed by atoms with van der Waals surface area (Å²) in [7, 11) is 0. The Hall–Kier alpha value is -1.16. The molecule has 1 aliphatic rings. The number of carbonyl (C=O) groups is 1. The number of halogens is 1. The van der Waals surface area contributed by atoms with Gasteiger partial charge in [-0.15, -0.1) is 0 Å². The minimum atomic E-state index is -0.110. The van der Waals surface area contributed by atoms with E-state index in [1.807, 2.05) is 0 Å². The molecule has 0 bridgehead atoms. The summed E-state index contributed by atoms with van der Waals surface area (Å²) in [6.07, 6.45) is 8.35. The maximum Gasteiger partial charge on any atom is 0.309 e. The lowest BCUT2D eigenvalue weighted by Crippen LogP contribution is -2.20. The van der Waals surface area contributed by atoms with Crippen LogP contribution in [0, 0.1) is 5.92 Å². The molecular weight excluding hydrogens is 240 g/mol. The van der Waals surface area contributed by atoms with Gasteiger partial charge >= 0.3 is 5.97 Å². The first-order valence-electron chi connectivity index (χ1n) is 5.89. The molecule has 0 radical (unpaired) electrons. The van der Waals surface area contributed by atoms with E-state index in [4.69, 9.17) is 16.3 Å². The van der Waals surface area contributed by atoms with Crippen molar-refractivity contribution in [2.75, 3.05) is 0 Å². The zero-order valence-electron chi connectivity index (χ0n) is 9.56. The zero-order chi connectivity index (χ0) is 12.1. The number of aromatic nitrogens is 2. The molecule has 0 atom stereocenters. The quantitative estimate of drug-likeness (QED) is 0.779. The van der Waals surface area contributed by atoms with Crippen LogP contribution >= 0.6 is 11.6 Å². The second-order valence-corrected chi connectivity index (χ2v) is 4.66. The van der Waals surface area contributed by atoms with Crippen molar-refractivity contribution in [1.82, 2.24) is 9.97 Å². The summed E-state index contributed by atoms with van der Waals surface area (Å²) >= 11 is 5.61. The first-order valence-corrected chi connectivity index (χ1v) is 6.26. The standard InChI is InChI=1S/C12H15ClN2O2/c13-11-7-14-10(6-15-11)8-17-12(16)9-4-2-1-3-5-9/h6-7,9H,1-5,8H2. The molecule has 1 saturated carbocycles. The molecular formula is C12H15ClN2O2. The lowest BCUT2D eigenvalue weighted by molar-refractivity contribution is -0.151. The van der Waals surface area contributed by atoms with Gasteiger partial charge in [0, 0.05) is 0 Å². The molecule has 0 spiro atoms. The van der Waals surface area contributed by atoms with Crippen molar-refractivity contribution in [3.8, 4) is 0 Å². The smallest absolute Gasteiger partial charge is 0.309 e. The highest BCUT2D eigenvalue weighted by atomic mass is 35.5. The third-order valence-corrected chi connectivity index (χ3v) is 3.17. The van der Waals surface area contributed by atoms with E-state index >= 15 is 0 Å². The third kappa shape index (κ3) is 3.66. The van der Waals surface area contributed by atoms with E-state index < -0.39 is 0 Å². The molecule has 17 heavy (non-hydrogen) atoms. The van der Waals surface area contributed by atoms with Gasteiger partial charge in [0.2, 0.25) is 0 Å². The predicted molar refractivity (Wildman–Crippen MR) is 63.4 cm³/mol. The maximum atomic E-state index is 11.7. The summed E-state index contributed by atoms with van der Waals surface area (Å²) in [6.45, 7) is 0.180. The van der Waals surface area contributed by atoms with Gasteiger partial charge in [0.1, 0.15) is 11.8 Å². The van der Waals surface area contributed by atoms with Gasteiger partial charge < -0.3 is 4.74 Å². The number of nitrogens with zero attached hydrogens (tertiary/aromatic N) is 2. The topological polar surface area (TPSA) is 52.1 Å². The van der Waals surface area contributed by atoms with Crippen LogP contribution in [0.4, 0.5) is 0 Å². The number of hydrogen-bond donors (Lipinski definition) is 0. The number of esters is 1. The van der Waals surface area contributed by atoms with Crippen molar-refractivity contribution in [1.29, 1.82) is 0 Å². The Labute approximate surface area is 105 Å². The molecule has 1 aromatic rings. The Balaban J connectivity index is 1.81. The molecule has 1 aliphatic carbocycles. The van der Waals surface area contributed by atoms with Crippen LogP contribution < -0.4 is 0 Å². The Morgan fingerprint density at radius 1 is 1.29 bits per heavy atom. The van der Waals surface area contributed by atoms with Crippen molar-refractivity contribution in [2.45, 2.75) is 38.7 Å². The second kappa shape index (κ2) is 5.96. The molecule has 0 aliphatic heterocycles. The molecule has 1 aromatic heterocycles. The van der Waals surface area contributed by atoms with Crippen molar-refractivity contribution >= 4 is 17.6 Å². The Morgan fingerprint density at radius 3 is 2.71 bits per heavy atom. The molecule has 4 nitrogen and oxygen atoms in total. The van der Waals surface area contributed by atoms with Crippen molar-refractivity contribution in [3.05, 3.63) is 23.2 Å². The summed E-state index contributed by atoms with van der Waals surface area (Å²) in [5.74, 6) is -0.0366. The van der Waals surface area contributed by atoms with Crippen LogP contribution in [0.3, 0.4) is 0 Å². The first-order chi connectivity index (χ1) is 8.25. The van der Waals surface area contributed by atoms with Crippen LogP contribution in [0.5, 0.6) is 0 Å². The zero-order valence-corrected chi connectivity index (χ0v) is 10.3. The van der Waals surface area contributed by atoms with E-state index in [0.29, 0.717) is 10.8 Å². The molecule has 1 fully saturated rings. The first kappa shape index (κ1) is 12.3. The molecule has 0 aromatic carbocycles. The molecule has 0 N–H and O–H groups in total. The van der Waals surface area contributed by atoms with E-state index in [0.717, 1.165) is 25.7 Å². The highest BCUT2D eigenvalue weighted by molar-refractivity contribution is 6.29. The van der Waals surface area contributed by atoms with Gasteiger partial charge in [-0.05, 0) is 12.8 Å². The van der Waals surface area contributed by atoms with Gasteiger partial charge in [0.15, 0.2) is 0 Å². The molecule has 2 rings (SSSR count). The summed E-state index contributed by atoms with van der Waals surface area (Å²) in [5.41, 5.74) is 0.624. The van der Waals surface area contributed by atoms with Gasteiger partial charge in [-0.1, -0.05) is 30.9 Å². The molecule has 92 valence electrons. The summed E-state index contributed by atoms with van der Waals surface area (Å²) in [4.78, 5) is 19.6. The van der Waals surface area contributed by atoms with Crippen LogP contribution in [0.25, 0.3) is 0 Å². The number of carbonyl (C=O) groups excluding carboxylic acids is 1. The predicted octanol–water partition coefficient (Wildman–Crippen LogP) is 2.75. The van der Waals surface area contributed by atoms with Crippen molar-refractivity contribution in [2.24, 2.45) is 5.92 Å². The molecule has 0 unspecified atom stereocenters. The Kier molecular flexibility index (Phi) is 4.31. The average molecular weight is 255 g/mol. The summed E-state index contributed by atoms with van der Waals surface area (Å²) in [5, 5.41) is 0.340. The lowest BCUT2D eigenvalue weighted by Gasteiger charge is -2.19. The van der Waals surface area contributed by atoms with Crippen LogP contribution in [0.1, 0.15) is 37.8 Å². The van der Waals surface area contributed by atoms with Crippen LogP contribution in [0.2, 0.25) is 5.15 Å². The van der Waals surface area contributed by atoms with Crippen LogP contribution in [-0.2, 0) is 16.1 Å². The van der Waals surface area contributed by atoms with Gasteiger partial charge in [0.25, 0.3) is 0 Å². The van der Waals surface area contributed by atoms with Crippen molar-refractivity contribution < 1.29 is 9.53 Å². The van der Waals surface area contributed by atoms with E-state index in [-0.39, 0.29) is 18.5 Å². The molecule has 0 amide bonds. The third-order valence-electron chi connectivity index (χ3n) is 2.97. The Morgan fingerprint density at radius 2 is 2.06 bits per heavy atom. The lowest BCUT2D eigenvalue weighted by atomic mass is 9.89. The highest BCUT2D eigenvalue weighted by Crippen LogP contribution is 2.24. The average Bonchev–Trinajstić information content (AvgIpc) is 2.39. The molecule has 1 heterocycles.